The molecule has 0 saturated carbocycles. The maximum Gasteiger partial charge on any atom is 0.0607 e. The second kappa shape index (κ2) is 14.3. The second-order valence-electron chi connectivity index (χ2n) is 8.34. The summed E-state index contributed by atoms with van der Waals surface area (Å²) in [7, 11) is 0. The van der Waals surface area contributed by atoms with Gasteiger partial charge in [-0.15, -0.1) is 0 Å². The van der Waals surface area contributed by atoms with Crippen LogP contribution in [0.25, 0.3) is 0 Å². The molecular formula is C22H46O. The first-order valence-electron chi connectivity index (χ1n) is 10.6. The van der Waals surface area contributed by atoms with E-state index in [4.69, 9.17) is 4.74 Å². The summed E-state index contributed by atoms with van der Waals surface area (Å²) in [6.45, 7) is 13.5. The molecule has 0 aromatic rings. The number of ether oxygens (including phenoxy) is 1. The standard InChI is InChI=1S/C22H46O/c1-7-10-12-14-15-17-19-20(18-16-13-11-8-2)21(9-3)23-22(4,5)6/h20-21H,7-19H2,1-6H3. The highest BCUT2D eigenvalue weighted by Crippen LogP contribution is 2.28. The summed E-state index contributed by atoms with van der Waals surface area (Å²) < 4.78 is 6.40. The number of hydrogen-bond acceptors (Lipinski definition) is 1. The van der Waals surface area contributed by atoms with Crippen LogP contribution >= 0.6 is 0 Å². The topological polar surface area (TPSA) is 9.23 Å². The fraction of sp³-hybridized carbons (Fsp3) is 1.00. The van der Waals surface area contributed by atoms with E-state index < -0.39 is 0 Å². The van der Waals surface area contributed by atoms with E-state index in [-0.39, 0.29) is 5.60 Å². The van der Waals surface area contributed by atoms with Gasteiger partial charge in [-0.1, -0.05) is 85.0 Å². The van der Waals surface area contributed by atoms with Gasteiger partial charge in [0.1, 0.15) is 0 Å². The summed E-state index contributed by atoms with van der Waals surface area (Å²) in [5.41, 5.74) is -0.0104. The Kier molecular flexibility index (Phi) is 14.3. The van der Waals surface area contributed by atoms with Gasteiger partial charge in [0.15, 0.2) is 0 Å². The maximum absolute atomic E-state index is 6.40. The minimum Gasteiger partial charge on any atom is -0.372 e. The van der Waals surface area contributed by atoms with Gasteiger partial charge < -0.3 is 4.74 Å². The Morgan fingerprint density at radius 2 is 1.09 bits per heavy atom. The van der Waals surface area contributed by atoms with Crippen molar-refractivity contribution in [3.8, 4) is 0 Å². The summed E-state index contributed by atoms with van der Waals surface area (Å²) >= 11 is 0. The minimum absolute atomic E-state index is 0.0104. The fourth-order valence-electron chi connectivity index (χ4n) is 3.50. The molecule has 1 heteroatoms. The lowest BCUT2D eigenvalue weighted by Crippen LogP contribution is -2.32. The first-order valence-corrected chi connectivity index (χ1v) is 10.6. The molecule has 0 N–H and O–H groups in total. The quantitative estimate of drug-likeness (QED) is 0.278. The van der Waals surface area contributed by atoms with Crippen molar-refractivity contribution >= 4 is 0 Å². The molecule has 0 bridgehead atoms. The van der Waals surface area contributed by atoms with Gasteiger partial charge in [0.25, 0.3) is 0 Å². The molecule has 140 valence electrons. The molecule has 0 aromatic carbocycles. The molecule has 0 aliphatic carbocycles. The molecular weight excluding hydrogens is 280 g/mol. The van der Waals surface area contributed by atoms with Crippen LogP contribution in [-0.2, 0) is 4.74 Å². The molecule has 0 heterocycles. The number of unbranched alkanes of at least 4 members (excludes halogenated alkanes) is 8. The van der Waals surface area contributed by atoms with Crippen LogP contribution < -0.4 is 0 Å². The lowest BCUT2D eigenvalue weighted by Gasteiger charge is -2.33. The van der Waals surface area contributed by atoms with Crippen LogP contribution in [0.15, 0.2) is 0 Å². The van der Waals surface area contributed by atoms with Crippen molar-refractivity contribution in [2.75, 3.05) is 0 Å². The van der Waals surface area contributed by atoms with E-state index >= 15 is 0 Å². The van der Waals surface area contributed by atoms with Crippen molar-refractivity contribution in [3.05, 3.63) is 0 Å². The van der Waals surface area contributed by atoms with E-state index in [1.807, 2.05) is 0 Å². The Balaban J connectivity index is 4.29. The molecule has 0 aliphatic heterocycles. The van der Waals surface area contributed by atoms with Gasteiger partial charge in [-0.3, -0.25) is 0 Å². The third kappa shape index (κ3) is 14.0. The number of rotatable bonds is 15. The average Bonchev–Trinajstić information content (AvgIpc) is 2.49. The predicted octanol–water partition coefficient (Wildman–Crippen LogP) is 7.92. The third-order valence-electron chi connectivity index (χ3n) is 4.79. The van der Waals surface area contributed by atoms with Crippen molar-refractivity contribution in [2.24, 2.45) is 5.92 Å². The van der Waals surface area contributed by atoms with Crippen molar-refractivity contribution in [1.82, 2.24) is 0 Å². The van der Waals surface area contributed by atoms with Crippen LogP contribution in [0.2, 0.25) is 0 Å². The molecule has 0 saturated heterocycles. The molecule has 0 fully saturated rings. The molecule has 0 aromatic heterocycles. The molecule has 0 aliphatic rings. The molecule has 1 nitrogen and oxygen atoms in total. The SMILES string of the molecule is CCCCCCCCC(CCCCCC)C(CC)OC(C)(C)C. The summed E-state index contributed by atoms with van der Waals surface area (Å²) in [4.78, 5) is 0. The van der Waals surface area contributed by atoms with Gasteiger partial charge in [-0.2, -0.15) is 0 Å². The van der Waals surface area contributed by atoms with Crippen LogP contribution in [0.3, 0.4) is 0 Å². The van der Waals surface area contributed by atoms with E-state index in [9.17, 15) is 0 Å². The summed E-state index contributed by atoms with van der Waals surface area (Å²) in [6.07, 6.45) is 18.3. The van der Waals surface area contributed by atoms with E-state index in [2.05, 4.69) is 41.5 Å². The van der Waals surface area contributed by atoms with Gasteiger partial charge >= 0.3 is 0 Å². The van der Waals surface area contributed by atoms with Gasteiger partial charge in [0.05, 0.1) is 11.7 Å². The van der Waals surface area contributed by atoms with Crippen LogP contribution in [-0.4, -0.2) is 11.7 Å². The Morgan fingerprint density at radius 3 is 1.52 bits per heavy atom. The molecule has 0 spiro atoms. The van der Waals surface area contributed by atoms with Crippen molar-refractivity contribution in [2.45, 2.75) is 137 Å². The second-order valence-corrected chi connectivity index (χ2v) is 8.34. The molecule has 0 rings (SSSR count). The Morgan fingerprint density at radius 1 is 0.652 bits per heavy atom. The highest BCUT2D eigenvalue weighted by Gasteiger charge is 2.25. The van der Waals surface area contributed by atoms with Gasteiger partial charge in [0, 0.05) is 0 Å². The van der Waals surface area contributed by atoms with Crippen LogP contribution in [0, 0.1) is 5.92 Å². The number of hydrogen-bond donors (Lipinski definition) is 0. The first-order chi connectivity index (χ1) is 10.9. The smallest absolute Gasteiger partial charge is 0.0607 e. The van der Waals surface area contributed by atoms with Crippen molar-refractivity contribution < 1.29 is 4.74 Å². The monoisotopic (exact) mass is 326 g/mol. The zero-order valence-electron chi connectivity index (χ0n) is 17.3. The highest BCUT2D eigenvalue weighted by atomic mass is 16.5. The Hall–Kier alpha value is -0.0400. The van der Waals surface area contributed by atoms with E-state index in [0.29, 0.717) is 6.10 Å². The van der Waals surface area contributed by atoms with Gasteiger partial charge in [0.2, 0.25) is 0 Å². The molecule has 0 radical (unpaired) electrons. The lowest BCUT2D eigenvalue weighted by molar-refractivity contribution is -0.0897. The Labute approximate surface area is 148 Å². The van der Waals surface area contributed by atoms with Gasteiger partial charge in [-0.25, -0.2) is 0 Å². The normalized spacial score (nSPS) is 14.9. The van der Waals surface area contributed by atoms with E-state index in [0.717, 1.165) is 12.3 Å². The average molecular weight is 327 g/mol. The third-order valence-corrected chi connectivity index (χ3v) is 4.79. The van der Waals surface area contributed by atoms with Crippen LogP contribution in [0.1, 0.15) is 125 Å². The largest absolute Gasteiger partial charge is 0.372 e. The van der Waals surface area contributed by atoms with Crippen molar-refractivity contribution in [3.63, 3.8) is 0 Å². The lowest BCUT2D eigenvalue weighted by atomic mass is 9.88. The zero-order valence-corrected chi connectivity index (χ0v) is 17.3. The van der Waals surface area contributed by atoms with Crippen LogP contribution in [0.4, 0.5) is 0 Å². The Bertz CT molecular complexity index is 241. The predicted molar refractivity (Wildman–Crippen MR) is 105 cm³/mol. The van der Waals surface area contributed by atoms with Crippen molar-refractivity contribution in [1.29, 1.82) is 0 Å². The molecule has 0 amide bonds. The summed E-state index contributed by atoms with van der Waals surface area (Å²) in [6, 6.07) is 0. The highest BCUT2D eigenvalue weighted by molar-refractivity contribution is 4.74. The van der Waals surface area contributed by atoms with Gasteiger partial charge in [-0.05, 0) is 46.0 Å². The summed E-state index contributed by atoms with van der Waals surface area (Å²) in [5, 5.41) is 0. The summed E-state index contributed by atoms with van der Waals surface area (Å²) in [5.74, 6) is 0.766. The maximum atomic E-state index is 6.40. The molecule has 23 heavy (non-hydrogen) atoms. The molecule has 2 atom stereocenters. The van der Waals surface area contributed by atoms with E-state index in [1.165, 1.54) is 77.0 Å². The molecule has 2 unspecified atom stereocenters. The van der Waals surface area contributed by atoms with E-state index in [1.54, 1.807) is 0 Å². The first kappa shape index (κ1) is 23.0. The van der Waals surface area contributed by atoms with Crippen LogP contribution in [0.5, 0.6) is 0 Å². The fourth-order valence-corrected chi connectivity index (χ4v) is 3.50. The minimum atomic E-state index is -0.0104. The zero-order chi connectivity index (χ0) is 17.6.